The molecule has 0 radical (unpaired) electrons. The van der Waals surface area contributed by atoms with E-state index in [1.54, 1.807) is 34.6 Å². The third kappa shape index (κ3) is 4.51. The lowest BCUT2D eigenvalue weighted by Crippen LogP contribution is -2.58. The number of carbonyl (C=O) groups excluding carboxylic acids is 2. The molecule has 0 fully saturated rings. The van der Waals surface area contributed by atoms with E-state index in [4.69, 9.17) is 0 Å². The van der Waals surface area contributed by atoms with Gasteiger partial charge in [0.25, 0.3) is 0 Å². The van der Waals surface area contributed by atoms with E-state index in [-0.39, 0.29) is 18.7 Å². The highest BCUT2D eigenvalue weighted by molar-refractivity contribution is 5.92. The van der Waals surface area contributed by atoms with Crippen molar-refractivity contribution in [3.05, 3.63) is 0 Å². The molecule has 6 heteroatoms. The van der Waals surface area contributed by atoms with Crippen LogP contribution in [0.15, 0.2) is 0 Å². The lowest BCUT2D eigenvalue weighted by atomic mass is 9.92. The minimum atomic E-state index is -1.28. The molecule has 0 heterocycles. The van der Waals surface area contributed by atoms with E-state index in [0.29, 0.717) is 0 Å². The Labute approximate surface area is 120 Å². The van der Waals surface area contributed by atoms with Crippen LogP contribution in [0.25, 0.3) is 0 Å². The summed E-state index contributed by atoms with van der Waals surface area (Å²) in [6.07, 6.45) is 0.565. The average Bonchev–Trinajstić information content (AvgIpc) is 2.33. The van der Waals surface area contributed by atoms with E-state index in [1.807, 2.05) is 0 Å². The van der Waals surface area contributed by atoms with Gasteiger partial charge in [0.2, 0.25) is 11.8 Å². The monoisotopic (exact) mass is 286 g/mol. The second-order valence-electron chi connectivity index (χ2n) is 6.03. The lowest BCUT2D eigenvalue weighted by molar-refractivity contribution is -0.148. The van der Waals surface area contributed by atoms with Crippen LogP contribution in [0, 0.1) is 5.41 Å². The smallest absolute Gasteiger partial charge is 0.329 e. The third-order valence-corrected chi connectivity index (χ3v) is 3.40. The molecule has 6 nitrogen and oxygen atoms in total. The fourth-order valence-corrected chi connectivity index (χ4v) is 1.61. The largest absolute Gasteiger partial charge is 0.480 e. The summed E-state index contributed by atoms with van der Waals surface area (Å²) in [6.45, 7) is 10.2. The van der Waals surface area contributed by atoms with E-state index in [2.05, 4.69) is 10.6 Å². The molecule has 1 atom stereocenters. The summed E-state index contributed by atoms with van der Waals surface area (Å²) in [4.78, 5) is 35.2. The highest BCUT2D eigenvalue weighted by Crippen LogP contribution is 2.16. The first kappa shape index (κ1) is 18.4. The highest BCUT2D eigenvalue weighted by Gasteiger charge is 2.37. The van der Waals surface area contributed by atoms with Gasteiger partial charge in [0, 0.05) is 5.41 Å². The van der Waals surface area contributed by atoms with Crippen LogP contribution in [0.1, 0.15) is 54.4 Å². The predicted octanol–water partition coefficient (Wildman–Crippen LogP) is 1.30. The summed E-state index contributed by atoms with van der Waals surface area (Å²) < 4.78 is 0. The molecule has 1 unspecified atom stereocenters. The van der Waals surface area contributed by atoms with Crippen molar-refractivity contribution in [3.8, 4) is 0 Å². The third-order valence-electron chi connectivity index (χ3n) is 3.40. The minimum absolute atomic E-state index is 0.255. The number of carboxylic acids is 1. The summed E-state index contributed by atoms with van der Waals surface area (Å²) >= 11 is 0. The topological polar surface area (TPSA) is 95.5 Å². The molecule has 0 aliphatic heterocycles. The Morgan fingerprint density at radius 3 is 1.85 bits per heavy atom. The Hall–Kier alpha value is -1.59. The average molecular weight is 286 g/mol. The minimum Gasteiger partial charge on any atom is -0.480 e. The summed E-state index contributed by atoms with van der Waals surface area (Å²) in [5.74, 6) is -1.81. The number of hydrogen-bond donors (Lipinski definition) is 3. The molecule has 0 aromatic carbocycles. The molecule has 0 saturated heterocycles. The van der Waals surface area contributed by atoms with Gasteiger partial charge < -0.3 is 15.7 Å². The van der Waals surface area contributed by atoms with E-state index in [1.165, 1.54) is 6.92 Å². The molecule has 0 aliphatic carbocycles. The standard InChI is InChI=1S/C14H26N2O4/c1-7-14(8-2,12(19)20)16-10(17)9(3)15-11(18)13(4,5)6/h9H,7-8H2,1-6H3,(H,15,18)(H,16,17)(H,19,20). The van der Waals surface area contributed by atoms with E-state index < -0.39 is 28.9 Å². The second kappa shape index (κ2) is 6.72. The molecule has 0 saturated carbocycles. The van der Waals surface area contributed by atoms with E-state index >= 15 is 0 Å². The number of carbonyl (C=O) groups is 3. The molecule has 0 rings (SSSR count). The fourth-order valence-electron chi connectivity index (χ4n) is 1.61. The van der Waals surface area contributed by atoms with Crippen molar-refractivity contribution < 1.29 is 19.5 Å². The molecule has 0 bridgehead atoms. The van der Waals surface area contributed by atoms with Crippen LogP contribution in [0.3, 0.4) is 0 Å². The predicted molar refractivity (Wildman–Crippen MR) is 76.2 cm³/mol. The van der Waals surface area contributed by atoms with Crippen molar-refractivity contribution in [2.75, 3.05) is 0 Å². The van der Waals surface area contributed by atoms with Crippen LogP contribution in [-0.4, -0.2) is 34.5 Å². The maximum absolute atomic E-state index is 12.1. The Kier molecular flexibility index (Phi) is 6.19. The number of carboxylic acid groups (broad SMARTS) is 1. The molecule has 116 valence electrons. The van der Waals surface area contributed by atoms with Gasteiger partial charge >= 0.3 is 5.97 Å². The summed E-state index contributed by atoms with van der Waals surface area (Å²) in [5.41, 5.74) is -1.88. The first-order valence-electron chi connectivity index (χ1n) is 6.86. The van der Waals surface area contributed by atoms with Crippen LogP contribution >= 0.6 is 0 Å². The van der Waals surface area contributed by atoms with Gasteiger partial charge in [0.1, 0.15) is 11.6 Å². The maximum Gasteiger partial charge on any atom is 0.329 e. The number of nitrogens with one attached hydrogen (secondary N) is 2. The Morgan fingerprint density at radius 1 is 1.10 bits per heavy atom. The van der Waals surface area contributed by atoms with Gasteiger partial charge in [-0.3, -0.25) is 9.59 Å². The van der Waals surface area contributed by atoms with Crippen LogP contribution in [0.4, 0.5) is 0 Å². The second-order valence-corrected chi connectivity index (χ2v) is 6.03. The normalized spacial score (nSPS) is 13.5. The molecule has 0 spiro atoms. The quantitative estimate of drug-likeness (QED) is 0.685. The van der Waals surface area contributed by atoms with Crippen molar-refractivity contribution in [3.63, 3.8) is 0 Å². The van der Waals surface area contributed by atoms with Gasteiger partial charge in [-0.25, -0.2) is 4.79 Å². The molecular formula is C14H26N2O4. The number of aliphatic carboxylic acids is 1. The fraction of sp³-hybridized carbons (Fsp3) is 0.786. The molecule has 0 aromatic rings. The zero-order valence-corrected chi connectivity index (χ0v) is 13.2. The zero-order chi connectivity index (χ0) is 16.1. The van der Waals surface area contributed by atoms with Gasteiger partial charge in [-0.15, -0.1) is 0 Å². The van der Waals surface area contributed by atoms with E-state index in [9.17, 15) is 19.5 Å². The van der Waals surface area contributed by atoms with Crippen molar-refractivity contribution in [1.29, 1.82) is 0 Å². The van der Waals surface area contributed by atoms with Gasteiger partial charge in [0.05, 0.1) is 0 Å². The number of rotatable bonds is 6. The van der Waals surface area contributed by atoms with Crippen molar-refractivity contribution in [2.24, 2.45) is 5.41 Å². The molecule has 0 aromatic heterocycles. The Balaban J connectivity index is 4.84. The molecule has 0 aliphatic rings. The van der Waals surface area contributed by atoms with Gasteiger partial charge in [-0.05, 0) is 19.8 Å². The SMILES string of the molecule is CCC(CC)(NC(=O)C(C)NC(=O)C(C)(C)C)C(=O)O. The molecular weight excluding hydrogens is 260 g/mol. The van der Waals surface area contributed by atoms with Crippen LogP contribution in [-0.2, 0) is 14.4 Å². The number of hydrogen-bond acceptors (Lipinski definition) is 3. The zero-order valence-electron chi connectivity index (χ0n) is 13.2. The van der Waals surface area contributed by atoms with Gasteiger partial charge in [-0.1, -0.05) is 34.6 Å². The summed E-state index contributed by atoms with van der Waals surface area (Å²) in [7, 11) is 0. The Bertz CT molecular complexity index is 381. The first-order chi connectivity index (χ1) is 9.00. The summed E-state index contributed by atoms with van der Waals surface area (Å²) in [5, 5.41) is 14.4. The maximum atomic E-state index is 12.1. The molecule has 2 amide bonds. The van der Waals surface area contributed by atoms with Crippen molar-refractivity contribution >= 4 is 17.8 Å². The number of amides is 2. The Morgan fingerprint density at radius 2 is 1.55 bits per heavy atom. The van der Waals surface area contributed by atoms with E-state index in [0.717, 1.165) is 0 Å². The van der Waals surface area contributed by atoms with Crippen LogP contribution < -0.4 is 10.6 Å². The molecule has 20 heavy (non-hydrogen) atoms. The van der Waals surface area contributed by atoms with Crippen LogP contribution in [0.2, 0.25) is 0 Å². The van der Waals surface area contributed by atoms with Gasteiger partial charge in [0.15, 0.2) is 0 Å². The highest BCUT2D eigenvalue weighted by atomic mass is 16.4. The van der Waals surface area contributed by atoms with Crippen molar-refractivity contribution in [2.45, 2.75) is 66.0 Å². The van der Waals surface area contributed by atoms with Crippen LogP contribution in [0.5, 0.6) is 0 Å². The van der Waals surface area contributed by atoms with Gasteiger partial charge in [-0.2, -0.15) is 0 Å². The summed E-state index contributed by atoms with van der Waals surface area (Å²) in [6, 6.07) is -0.779. The molecule has 3 N–H and O–H groups in total. The lowest BCUT2D eigenvalue weighted by Gasteiger charge is -2.30. The first-order valence-corrected chi connectivity index (χ1v) is 6.86. The van der Waals surface area contributed by atoms with Crippen molar-refractivity contribution in [1.82, 2.24) is 10.6 Å².